The summed E-state index contributed by atoms with van der Waals surface area (Å²) in [5.74, 6) is 0.124. The number of nitrogens with zero attached hydrogens (tertiary/aromatic N) is 2. The Morgan fingerprint density at radius 1 is 1.17 bits per heavy atom. The summed E-state index contributed by atoms with van der Waals surface area (Å²) in [5.41, 5.74) is 2.39. The summed E-state index contributed by atoms with van der Waals surface area (Å²) >= 11 is 1.77. The number of carbonyl (C=O) groups is 1. The molecule has 2 atom stereocenters. The second-order valence-corrected chi connectivity index (χ2v) is 9.06. The number of para-hydroxylation sites is 1. The Labute approximate surface area is 177 Å². The quantitative estimate of drug-likeness (QED) is 0.602. The number of aryl methyl sites for hydroxylation is 1. The predicted octanol–water partition coefficient (Wildman–Crippen LogP) is 4.96. The molecule has 0 aliphatic carbocycles. The van der Waals surface area contributed by atoms with Crippen LogP contribution in [0.15, 0.2) is 54.6 Å². The van der Waals surface area contributed by atoms with Gasteiger partial charge < -0.3 is 5.32 Å². The van der Waals surface area contributed by atoms with E-state index in [1.54, 1.807) is 11.3 Å². The fourth-order valence-electron chi connectivity index (χ4n) is 4.10. The van der Waals surface area contributed by atoms with Crippen molar-refractivity contribution < 1.29 is 4.79 Å². The molecule has 152 valence electrons. The third kappa shape index (κ3) is 5.22. The molecule has 3 aromatic rings. The molecule has 0 saturated carbocycles. The monoisotopic (exact) mass is 407 g/mol. The first-order valence-corrected chi connectivity index (χ1v) is 11.4. The highest BCUT2D eigenvalue weighted by Crippen LogP contribution is 2.35. The highest BCUT2D eigenvalue weighted by atomic mass is 32.1. The largest absolute Gasteiger partial charge is 0.353 e. The average Bonchev–Trinajstić information content (AvgIpc) is 3.17. The van der Waals surface area contributed by atoms with Crippen LogP contribution < -0.4 is 5.32 Å². The van der Waals surface area contributed by atoms with E-state index in [0.29, 0.717) is 6.54 Å². The van der Waals surface area contributed by atoms with Gasteiger partial charge in [-0.05, 0) is 56.8 Å². The normalized spacial score (nSPS) is 18.6. The standard InChI is InChI=1S/C24H29N3OS/c1-18(14-15-19-9-3-2-4-10-19)25-23(28)17-27-16-8-7-12-21(27)24-26-20-11-5-6-13-22(20)29-24/h2-6,9-11,13,18,21H,7-8,12,14-17H2,1H3,(H,25,28)/t18-,21-/m1/s1. The van der Waals surface area contributed by atoms with E-state index in [1.807, 2.05) is 12.1 Å². The van der Waals surface area contributed by atoms with Gasteiger partial charge in [-0.2, -0.15) is 0 Å². The number of amides is 1. The minimum Gasteiger partial charge on any atom is -0.353 e. The van der Waals surface area contributed by atoms with E-state index in [4.69, 9.17) is 4.98 Å². The summed E-state index contributed by atoms with van der Waals surface area (Å²) in [5, 5.41) is 4.35. The van der Waals surface area contributed by atoms with Gasteiger partial charge in [0.25, 0.3) is 0 Å². The van der Waals surface area contributed by atoms with Crippen molar-refractivity contribution in [3.05, 3.63) is 65.2 Å². The minimum atomic E-state index is 0.124. The molecule has 5 heteroatoms. The van der Waals surface area contributed by atoms with Gasteiger partial charge in [0.2, 0.25) is 5.91 Å². The minimum absolute atomic E-state index is 0.124. The van der Waals surface area contributed by atoms with E-state index < -0.39 is 0 Å². The molecule has 1 aromatic heterocycles. The van der Waals surface area contributed by atoms with Gasteiger partial charge in [0.1, 0.15) is 5.01 Å². The molecule has 4 rings (SSSR count). The van der Waals surface area contributed by atoms with Gasteiger partial charge in [-0.25, -0.2) is 4.98 Å². The Bertz CT molecular complexity index is 906. The maximum atomic E-state index is 12.7. The maximum Gasteiger partial charge on any atom is 0.234 e. The molecule has 0 radical (unpaired) electrons. The summed E-state index contributed by atoms with van der Waals surface area (Å²) in [6.45, 7) is 3.52. The van der Waals surface area contributed by atoms with Crippen LogP contribution in [0.25, 0.3) is 10.2 Å². The molecule has 1 aliphatic rings. The first-order chi connectivity index (χ1) is 14.2. The average molecular weight is 408 g/mol. The van der Waals surface area contributed by atoms with Gasteiger partial charge in [0.15, 0.2) is 0 Å². The fourth-order valence-corrected chi connectivity index (χ4v) is 5.23. The Hall–Kier alpha value is -2.24. The lowest BCUT2D eigenvalue weighted by Crippen LogP contribution is -2.44. The summed E-state index contributed by atoms with van der Waals surface area (Å²) < 4.78 is 1.23. The van der Waals surface area contributed by atoms with Crippen LogP contribution >= 0.6 is 11.3 Å². The summed E-state index contributed by atoms with van der Waals surface area (Å²) in [6.07, 6.45) is 5.37. The van der Waals surface area contributed by atoms with Crippen molar-refractivity contribution in [2.75, 3.05) is 13.1 Å². The molecule has 1 N–H and O–H groups in total. The second-order valence-electron chi connectivity index (χ2n) is 7.99. The highest BCUT2D eigenvalue weighted by Gasteiger charge is 2.28. The first-order valence-electron chi connectivity index (χ1n) is 10.6. The van der Waals surface area contributed by atoms with Gasteiger partial charge in [-0.3, -0.25) is 9.69 Å². The smallest absolute Gasteiger partial charge is 0.234 e. The van der Waals surface area contributed by atoms with Gasteiger partial charge in [0, 0.05) is 6.04 Å². The molecule has 1 amide bonds. The zero-order chi connectivity index (χ0) is 20.1. The van der Waals surface area contributed by atoms with Crippen LogP contribution in [0, 0.1) is 0 Å². The lowest BCUT2D eigenvalue weighted by molar-refractivity contribution is -0.123. The van der Waals surface area contributed by atoms with Crippen LogP contribution in [0.2, 0.25) is 0 Å². The number of piperidine rings is 1. The number of fused-ring (bicyclic) bond motifs is 1. The molecule has 2 aromatic carbocycles. The van der Waals surface area contributed by atoms with Crippen molar-refractivity contribution in [3.63, 3.8) is 0 Å². The number of carbonyl (C=O) groups excluding carboxylic acids is 1. The van der Waals surface area contributed by atoms with Crippen LogP contribution in [0.5, 0.6) is 0 Å². The molecule has 2 heterocycles. The van der Waals surface area contributed by atoms with Gasteiger partial charge in [-0.15, -0.1) is 11.3 Å². The lowest BCUT2D eigenvalue weighted by Gasteiger charge is -2.34. The van der Waals surface area contributed by atoms with E-state index in [0.717, 1.165) is 42.8 Å². The molecule has 4 nitrogen and oxygen atoms in total. The van der Waals surface area contributed by atoms with Crippen LogP contribution in [0.3, 0.4) is 0 Å². The van der Waals surface area contributed by atoms with Crippen LogP contribution in [-0.2, 0) is 11.2 Å². The van der Waals surface area contributed by atoms with E-state index in [9.17, 15) is 4.79 Å². The van der Waals surface area contributed by atoms with Crippen molar-refractivity contribution in [3.8, 4) is 0 Å². The molecule has 0 spiro atoms. The van der Waals surface area contributed by atoms with Crippen LogP contribution in [0.1, 0.15) is 49.2 Å². The topological polar surface area (TPSA) is 45.2 Å². The molecule has 1 saturated heterocycles. The lowest BCUT2D eigenvalue weighted by atomic mass is 10.0. The summed E-state index contributed by atoms with van der Waals surface area (Å²) in [4.78, 5) is 19.9. The summed E-state index contributed by atoms with van der Waals surface area (Å²) in [7, 11) is 0. The number of aromatic nitrogens is 1. The molecule has 0 unspecified atom stereocenters. The van der Waals surface area contributed by atoms with Gasteiger partial charge in [-0.1, -0.05) is 48.9 Å². The predicted molar refractivity (Wildman–Crippen MR) is 120 cm³/mol. The van der Waals surface area contributed by atoms with Gasteiger partial charge >= 0.3 is 0 Å². The fraction of sp³-hybridized carbons (Fsp3) is 0.417. The Kier molecular flexibility index (Phi) is 6.57. The Morgan fingerprint density at radius 3 is 2.79 bits per heavy atom. The molecule has 29 heavy (non-hydrogen) atoms. The van der Waals surface area contributed by atoms with Crippen molar-refractivity contribution >= 4 is 27.5 Å². The Balaban J connectivity index is 1.34. The van der Waals surface area contributed by atoms with E-state index in [1.165, 1.54) is 16.7 Å². The number of benzene rings is 2. The third-order valence-corrected chi connectivity index (χ3v) is 6.81. The Morgan fingerprint density at radius 2 is 1.97 bits per heavy atom. The van der Waals surface area contributed by atoms with Crippen LogP contribution in [0.4, 0.5) is 0 Å². The number of hydrogen-bond acceptors (Lipinski definition) is 4. The number of nitrogens with one attached hydrogen (secondary N) is 1. The SMILES string of the molecule is C[C@H](CCc1ccccc1)NC(=O)CN1CCCC[C@@H]1c1nc2ccccc2s1. The van der Waals surface area contributed by atoms with Gasteiger partial charge in [0.05, 0.1) is 22.8 Å². The van der Waals surface area contributed by atoms with Crippen LogP contribution in [-0.4, -0.2) is 34.9 Å². The summed E-state index contributed by atoms with van der Waals surface area (Å²) in [6, 6.07) is 19.2. The molecule has 1 aliphatic heterocycles. The first kappa shape index (κ1) is 20.0. The molecule has 1 fully saturated rings. The number of hydrogen-bond donors (Lipinski definition) is 1. The third-order valence-electron chi connectivity index (χ3n) is 5.67. The van der Waals surface area contributed by atoms with E-state index in [-0.39, 0.29) is 18.0 Å². The second kappa shape index (κ2) is 9.51. The number of rotatable bonds is 7. The molecular formula is C24H29N3OS. The molecular weight excluding hydrogens is 378 g/mol. The molecule has 0 bridgehead atoms. The van der Waals surface area contributed by atoms with E-state index >= 15 is 0 Å². The van der Waals surface area contributed by atoms with Crippen molar-refractivity contribution in [2.45, 2.75) is 51.1 Å². The zero-order valence-corrected chi connectivity index (χ0v) is 17.8. The number of thiazole rings is 1. The zero-order valence-electron chi connectivity index (χ0n) is 17.0. The number of likely N-dealkylation sites (tertiary alicyclic amines) is 1. The van der Waals surface area contributed by atoms with Crippen molar-refractivity contribution in [1.29, 1.82) is 0 Å². The van der Waals surface area contributed by atoms with Crippen molar-refractivity contribution in [1.82, 2.24) is 15.2 Å². The van der Waals surface area contributed by atoms with Crippen molar-refractivity contribution in [2.24, 2.45) is 0 Å². The highest BCUT2D eigenvalue weighted by molar-refractivity contribution is 7.18. The van der Waals surface area contributed by atoms with E-state index in [2.05, 4.69) is 59.6 Å². The maximum absolute atomic E-state index is 12.7.